The predicted octanol–water partition coefficient (Wildman–Crippen LogP) is 2.25. The zero-order valence-electron chi connectivity index (χ0n) is 13.9. The molecule has 1 amide bonds. The van der Waals surface area contributed by atoms with E-state index in [4.69, 9.17) is 0 Å². The van der Waals surface area contributed by atoms with E-state index in [-0.39, 0.29) is 18.4 Å². The Morgan fingerprint density at radius 2 is 2.13 bits per heavy atom. The van der Waals surface area contributed by atoms with Crippen molar-refractivity contribution in [2.45, 2.75) is 27.2 Å². The van der Waals surface area contributed by atoms with Gasteiger partial charge in [-0.25, -0.2) is 4.68 Å². The lowest BCUT2D eigenvalue weighted by Crippen LogP contribution is -2.29. The van der Waals surface area contributed by atoms with Crippen molar-refractivity contribution >= 4 is 5.91 Å². The number of aromatic nitrogens is 2. The van der Waals surface area contributed by atoms with Gasteiger partial charge in [-0.1, -0.05) is 12.1 Å². The van der Waals surface area contributed by atoms with Crippen LogP contribution in [0.1, 0.15) is 33.6 Å². The molecule has 0 spiro atoms. The SMILES string of the molecule is Cc1ccc(C)c(-n2ncc(C(=O)N3CCC(CO)C3)c2C)c1. The molecule has 0 bridgehead atoms. The Balaban J connectivity index is 1.90. The fraction of sp³-hybridized carbons (Fsp3) is 0.444. The van der Waals surface area contributed by atoms with Crippen LogP contribution >= 0.6 is 0 Å². The van der Waals surface area contributed by atoms with Gasteiger partial charge >= 0.3 is 0 Å². The number of aryl methyl sites for hydroxylation is 2. The molecule has 1 aromatic carbocycles. The first kappa shape index (κ1) is 15.7. The van der Waals surface area contributed by atoms with Crippen LogP contribution in [-0.2, 0) is 0 Å². The monoisotopic (exact) mass is 313 g/mol. The van der Waals surface area contributed by atoms with E-state index in [9.17, 15) is 9.90 Å². The maximum atomic E-state index is 12.7. The minimum Gasteiger partial charge on any atom is -0.396 e. The Morgan fingerprint density at radius 3 is 2.83 bits per heavy atom. The van der Waals surface area contributed by atoms with Crippen LogP contribution in [-0.4, -0.2) is 45.4 Å². The topological polar surface area (TPSA) is 58.4 Å². The molecule has 1 saturated heterocycles. The van der Waals surface area contributed by atoms with E-state index in [1.807, 2.05) is 30.4 Å². The van der Waals surface area contributed by atoms with E-state index in [1.165, 1.54) is 5.56 Å². The summed E-state index contributed by atoms with van der Waals surface area (Å²) in [6, 6.07) is 6.23. The number of carbonyl (C=O) groups excluding carboxylic acids is 1. The zero-order valence-corrected chi connectivity index (χ0v) is 13.9. The van der Waals surface area contributed by atoms with Crippen molar-refractivity contribution in [1.29, 1.82) is 0 Å². The number of rotatable bonds is 3. The van der Waals surface area contributed by atoms with Crippen molar-refractivity contribution in [1.82, 2.24) is 14.7 Å². The average molecular weight is 313 g/mol. The number of aliphatic hydroxyl groups excluding tert-OH is 1. The van der Waals surface area contributed by atoms with Crippen LogP contribution < -0.4 is 0 Å². The molecule has 2 aromatic rings. The first-order chi connectivity index (χ1) is 11.0. The van der Waals surface area contributed by atoms with Gasteiger partial charge in [-0.05, 0) is 44.4 Å². The normalized spacial score (nSPS) is 17.7. The fourth-order valence-electron chi connectivity index (χ4n) is 3.15. The maximum Gasteiger partial charge on any atom is 0.257 e. The number of aliphatic hydroxyl groups is 1. The van der Waals surface area contributed by atoms with E-state index < -0.39 is 0 Å². The van der Waals surface area contributed by atoms with Gasteiger partial charge in [0.2, 0.25) is 0 Å². The number of likely N-dealkylation sites (tertiary alicyclic amines) is 1. The third kappa shape index (κ3) is 2.88. The summed E-state index contributed by atoms with van der Waals surface area (Å²) in [6.07, 6.45) is 2.53. The number of amides is 1. The smallest absolute Gasteiger partial charge is 0.257 e. The summed E-state index contributed by atoms with van der Waals surface area (Å²) in [5.41, 5.74) is 4.80. The van der Waals surface area contributed by atoms with Crippen LogP contribution in [0.25, 0.3) is 5.69 Å². The Hall–Kier alpha value is -2.14. The van der Waals surface area contributed by atoms with E-state index >= 15 is 0 Å². The summed E-state index contributed by atoms with van der Waals surface area (Å²) in [4.78, 5) is 14.5. The third-order valence-electron chi connectivity index (χ3n) is 4.66. The molecule has 0 radical (unpaired) electrons. The minimum atomic E-state index is 0.00926. The van der Waals surface area contributed by atoms with Gasteiger partial charge in [0.05, 0.1) is 23.1 Å². The highest BCUT2D eigenvalue weighted by molar-refractivity contribution is 5.95. The maximum absolute atomic E-state index is 12.7. The zero-order chi connectivity index (χ0) is 16.6. The van der Waals surface area contributed by atoms with Gasteiger partial charge in [0.15, 0.2) is 0 Å². The molecule has 5 heteroatoms. The third-order valence-corrected chi connectivity index (χ3v) is 4.66. The van der Waals surface area contributed by atoms with Gasteiger partial charge in [-0.3, -0.25) is 4.79 Å². The van der Waals surface area contributed by atoms with Crippen LogP contribution in [0.3, 0.4) is 0 Å². The summed E-state index contributed by atoms with van der Waals surface area (Å²) in [7, 11) is 0. The highest BCUT2D eigenvalue weighted by Crippen LogP contribution is 2.22. The highest BCUT2D eigenvalue weighted by Gasteiger charge is 2.28. The number of hydrogen-bond acceptors (Lipinski definition) is 3. The number of benzene rings is 1. The first-order valence-electron chi connectivity index (χ1n) is 8.03. The summed E-state index contributed by atoms with van der Waals surface area (Å²) in [5, 5.41) is 13.7. The van der Waals surface area contributed by atoms with E-state index in [1.54, 1.807) is 6.20 Å². The molecule has 3 rings (SSSR count). The van der Waals surface area contributed by atoms with Gasteiger partial charge in [-0.15, -0.1) is 0 Å². The van der Waals surface area contributed by atoms with Crippen LogP contribution in [0.5, 0.6) is 0 Å². The molecule has 5 nitrogen and oxygen atoms in total. The molecule has 0 saturated carbocycles. The Bertz CT molecular complexity index is 736. The molecule has 1 atom stereocenters. The minimum absolute atomic E-state index is 0.00926. The lowest BCUT2D eigenvalue weighted by molar-refractivity contribution is 0.0781. The quantitative estimate of drug-likeness (QED) is 0.945. The van der Waals surface area contributed by atoms with Gasteiger partial charge in [0.1, 0.15) is 0 Å². The van der Waals surface area contributed by atoms with Gasteiger partial charge in [-0.2, -0.15) is 5.10 Å². The Morgan fingerprint density at radius 1 is 1.35 bits per heavy atom. The molecule has 2 heterocycles. The predicted molar refractivity (Wildman–Crippen MR) is 88.9 cm³/mol. The Kier molecular flexibility index (Phi) is 4.22. The molecule has 1 fully saturated rings. The number of hydrogen-bond donors (Lipinski definition) is 1. The van der Waals surface area contributed by atoms with E-state index in [2.05, 4.69) is 23.3 Å². The molecule has 1 unspecified atom stereocenters. The van der Waals surface area contributed by atoms with Crippen molar-refractivity contribution in [3.05, 3.63) is 46.8 Å². The van der Waals surface area contributed by atoms with Gasteiger partial charge in [0.25, 0.3) is 5.91 Å². The lowest BCUT2D eigenvalue weighted by Gasteiger charge is -2.16. The van der Waals surface area contributed by atoms with Crippen LogP contribution in [0.4, 0.5) is 0 Å². The Labute approximate surface area is 136 Å². The van der Waals surface area contributed by atoms with Gasteiger partial charge in [0, 0.05) is 25.6 Å². The molecule has 1 aliphatic rings. The summed E-state index contributed by atoms with van der Waals surface area (Å²) < 4.78 is 1.84. The largest absolute Gasteiger partial charge is 0.396 e. The number of carbonyl (C=O) groups is 1. The first-order valence-corrected chi connectivity index (χ1v) is 8.03. The molecule has 122 valence electrons. The van der Waals surface area contributed by atoms with Gasteiger partial charge < -0.3 is 10.0 Å². The van der Waals surface area contributed by atoms with E-state index in [0.717, 1.165) is 23.4 Å². The molecule has 23 heavy (non-hydrogen) atoms. The summed E-state index contributed by atoms with van der Waals surface area (Å²) in [5.74, 6) is 0.211. The molecule has 1 N–H and O–H groups in total. The number of nitrogens with zero attached hydrogens (tertiary/aromatic N) is 3. The van der Waals surface area contributed by atoms with Crippen molar-refractivity contribution < 1.29 is 9.90 Å². The second-order valence-corrected chi connectivity index (χ2v) is 6.43. The van der Waals surface area contributed by atoms with E-state index in [0.29, 0.717) is 18.7 Å². The van der Waals surface area contributed by atoms with Crippen LogP contribution in [0, 0.1) is 26.7 Å². The van der Waals surface area contributed by atoms with Crippen molar-refractivity contribution in [2.24, 2.45) is 5.92 Å². The molecule has 0 aliphatic carbocycles. The van der Waals surface area contributed by atoms with Crippen molar-refractivity contribution in [3.63, 3.8) is 0 Å². The fourth-order valence-corrected chi connectivity index (χ4v) is 3.15. The van der Waals surface area contributed by atoms with Crippen LogP contribution in [0.15, 0.2) is 24.4 Å². The van der Waals surface area contributed by atoms with Crippen molar-refractivity contribution in [3.8, 4) is 5.69 Å². The molecule has 1 aromatic heterocycles. The standard InChI is InChI=1S/C18H23N3O2/c1-12-4-5-13(2)17(8-12)21-14(3)16(9-19-21)18(23)20-7-6-15(10-20)11-22/h4-5,8-9,15,22H,6-7,10-11H2,1-3H3. The van der Waals surface area contributed by atoms with Crippen molar-refractivity contribution in [2.75, 3.05) is 19.7 Å². The second kappa shape index (κ2) is 6.16. The molecule has 1 aliphatic heterocycles. The molecular weight excluding hydrogens is 290 g/mol. The van der Waals surface area contributed by atoms with Crippen LogP contribution in [0.2, 0.25) is 0 Å². The average Bonchev–Trinajstić information content (AvgIpc) is 3.16. The highest BCUT2D eigenvalue weighted by atomic mass is 16.3. The summed E-state index contributed by atoms with van der Waals surface area (Å²) >= 11 is 0. The summed E-state index contributed by atoms with van der Waals surface area (Å²) in [6.45, 7) is 7.50. The second-order valence-electron chi connectivity index (χ2n) is 6.43. The lowest BCUT2D eigenvalue weighted by atomic mass is 10.1. The molecular formula is C18H23N3O2.